The maximum Gasteiger partial charge on any atom is 0.0697 e. The molecule has 0 fully saturated rings. The molecule has 0 saturated heterocycles. The van der Waals surface area contributed by atoms with E-state index in [4.69, 9.17) is 0 Å². The van der Waals surface area contributed by atoms with Gasteiger partial charge in [0.15, 0.2) is 0 Å². The molecule has 0 aliphatic rings. The van der Waals surface area contributed by atoms with Crippen LogP contribution >= 0.6 is 11.3 Å². The second-order valence-corrected chi connectivity index (χ2v) is 3.60. The van der Waals surface area contributed by atoms with Gasteiger partial charge < -0.3 is 5.11 Å². The zero-order valence-electron chi connectivity index (χ0n) is 7.08. The van der Waals surface area contributed by atoms with Crippen molar-refractivity contribution < 1.29 is 5.11 Å². The van der Waals surface area contributed by atoms with Crippen molar-refractivity contribution in [3.63, 3.8) is 0 Å². The largest absolute Gasteiger partial charge is 0.392 e. The lowest BCUT2D eigenvalue weighted by Crippen LogP contribution is -2.07. The van der Waals surface area contributed by atoms with Crippen molar-refractivity contribution in [3.05, 3.63) is 22.4 Å². The average Bonchev–Trinajstić information content (AvgIpc) is 2.53. The van der Waals surface area contributed by atoms with Crippen molar-refractivity contribution in [2.75, 3.05) is 0 Å². The van der Waals surface area contributed by atoms with Crippen LogP contribution in [0.3, 0.4) is 0 Å². The third kappa shape index (κ3) is 3.08. The predicted molar refractivity (Wildman–Crippen MR) is 52.1 cm³/mol. The molecule has 0 spiro atoms. The summed E-state index contributed by atoms with van der Waals surface area (Å²) in [7, 11) is 0. The Kier molecular flexibility index (Phi) is 3.86. The van der Waals surface area contributed by atoms with Gasteiger partial charge >= 0.3 is 0 Å². The van der Waals surface area contributed by atoms with Crippen LogP contribution in [-0.2, 0) is 6.42 Å². The summed E-state index contributed by atoms with van der Waals surface area (Å²) in [6.45, 7) is 1.79. The second-order valence-electron chi connectivity index (χ2n) is 2.57. The van der Waals surface area contributed by atoms with Crippen molar-refractivity contribution >= 4 is 11.3 Å². The van der Waals surface area contributed by atoms with E-state index in [-0.39, 0.29) is 6.10 Å². The summed E-state index contributed by atoms with van der Waals surface area (Å²) in [4.78, 5) is 1.22. The van der Waals surface area contributed by atoms with E-state index in [9.17, 15) is 5.11 Å². The molecule has 1 N–H and O–H groups in total. The molecule has 1 unspecified atom stereocenters. The molecule has 0 radical (unpaired) electrons. The highest BCUT2D eigenvalue weighted by atomic mass is 32.1. The minimum Gasteiger partial charge on any atom is -0.392 e. The van der Waals surface area contributed by atoms with E-state index in [1.54, 1.807) is 18.3 Å². The van der Waals surface area contributed by atoms with Crippen LogP contribution in [0.15, 0.2) is 17.5 Å². The van der Waals surface area contributed by atoms with Crippen LogP contribution in [0.1, 0.15) is 18.2 Å². The molecule has 1 rings (SSSR count). The lowest BCUT2D eigenvalue weighted by molar-refractivity contribution is 0.181. The monoisotopic (exact) mass is 180 g/mol. The van der Waals surface area contributed by atoms with Gasteiger partial charge in [-0.2, -0.15) is 0 Å². The van der Waals surface area contributed by atoms with Gasteiger partial charge in [-0.05, 0) is 18.4 Å². The van der Waals surface area contributed by atoms with Crippen LogP contribution in [0, 0.1) is 11.8 Å². The van der Waals surface area contributed by atoms with E-state index in [0.29, 0.717) is 6.42 Å². The van der Waals surface area contributed by atoms with Crippen LogP contribution in [0.2, 0.25) is 0 Å². The minimum atomic E-state index is -0.309. The Morgan fingerprint density at radius 3 is 3.08 bits per heavy atom. The maximum atomic E-state index is 9.46. The summed E-state index contributed by atoms with van der Waals surface area (Å²) in [5, 5.41) is 11.5. The molecule has 1 aromatic rings. The van der Waals surface area contributed by atoms with E-state index in [0.717, 1.165) is 6.42 Å². The summed E-state index contributed by atoms with van der Waals surface area (Å²) in [6.07, 6.45) is 0.997. The van der Waals surface area contributed by atoms with Crippen molar-refractivity contribution in [2.24, 2.45) is 0 Å². The fraction of sp³-hybridized carbons (Fsp3) is 0.400. The molecule has 1 heterocycles. The highest BCUT2D eigenvalue weighted by molar-refractivity contribution is 7.09. The fourth-order valence-electron chi connectivity index (χ4n) is 0.953. The van der Waals surface area contributed by atoms with E-state index < -0.39 is 0 Å². The van der Waals surface area contributed by atoms with Gasteiger partial charge in [-0.25, -0.2) is 0 Å². The highest BCUT2D eigenvalue weighted by Crippen LogP contribution is 2.11. The van der Waals surface area contributed by atoms with Gasteiger partial charge in [-0.1, -0.05) is 6.07 Å². The Balaban J connectivity index is 2.35. The van der Waals surface area contributed by atoms with Crippen molar-refractivity contribution in [1.82, 2.24) is 0 Å². The lowest BCUT2D eigenvalue weighted by Gasteiger charge is -2.03. The minimum absolute atomic E-state index is 0.309. The standard InChI is InChI=1S/C10H12OS/c1-2-3-5-9(11)8-10-6-4-7-12-10/h4,6-7,9,11H,5,8H2,1H3. The van der Waals surface area contributed by atoms with Crippen LogP contribution in [0.4, 0.5) is 0 Å². The summed E-state index contributed by atoms with van der Waals surface area (Å²) in [5.74, 6) is 5.64. The normalized spacial score (nSPS) is 11.8. The first-order valence-corrected chi connectivity index (χ1v) is 4.81. The number of rotatable bonds is 3. The summed E-state index contributed by atoms with van der Waals surface area (Å²) in [5.41, 5.74) is 0. The Labute approximate surface area is 77.1 Å². The van der Waals surface area contributed by atoms with Gasteiger partial charge in [0, 0.05) is 17.7 Å². The van der Waals surface area contributed by atoms with Crippen molar-refractivity contribution in [1.29, 1.82) is 0 Å². The summed E-state index contributed by atoms with van der Waals surface area (Å²) >= 11 is 1.68. The molecule has 0 amide bonds. The molecule has 1 nitrogen and oxygen atoms in total. The third-order valence-electron chi connectivity index (χ3n) is 1.53. The van der Waals surface area contributed by atoms with Gasteiger partial charge in [-0.15, -0.1) is 23.2 Å². The number of hydrogen-bond donors (Lipinski definition) is 1. The molecular formula is C10H12OS. The van der Waals surface area contributed by atoms with Gasteiger partial charge in [0.1, 0.15) is 0 Å². The molecule has 0 aromatic carbocycles. The molecular weight excluding hydrogens is 168 g/mol. The van der Waals surface area contributed by atoms with E-state index in [1.807, 2.05) is 17.5 Å². The fourth-order valence-corrected chi connectivity index (χ4v) is 1.73. The van der Waals surface area contributed by atoms with Gasteiger partial charge in [0.25, 0.3) is 0 Å². The summed E-state index contributed by atoms with van der Waals surface area (Å²) < 4.78 is 0. The smallest absolute Gasteiger partial charge is 0.0697 e. The van der Waals surface area contributed by atoms with Crippen LogP contribution in [0.25, 0.3) is 0 Å². The first-order chi connectivity index (χ1) is 5.83. The molecule has 64 valence electrons. The molecule has 1 aromatic heterocycles. The van der Waals surface area contributed by atoms with Crippen LogP contribution in [0.5, 0.6) is 0 Å². The lowest BCUT2D eigenvalue weighted by atomic mass is 10.2. The second kappa shape index (κ2) is 4.97. The number of hydrogen-bond acceptors (Lipinski definition) is 2. The zero-order chi connectivity index (χ0) is 8.81. The molecule has 12 heavy (non-hydrogen) atoms. The van der Waals surface area contributed by atoms with E-state index in [1.165, 1.54) is 4.88 Å². The number of thiophene rings is 1. The molecule has 0 saturated carbocycles. The first kappa shape index (κ1) is 9.31. The number of aliphatic hydroxyl groups excluding tert-OH is 1. The zero-order valence-corrected chi connectivity index (χ0v) is 7.90. The molecule has 0 aliphatic heterocycles. The number of aliphatic hydroxyl groups is 1. The van der Waals surface area contributed by atoms with Gasteiger partial charge in [0.05, 0.1) is 6.10 Å². The predicted octanol–water partition coefficient (Wildman–Crippen LogP) is 2.06. The van der Waals surface area contributed by atoms with Crippen LogP contribution < -0.4 is 0 Å². The van der Waals surface area contributed by atoms with Crippen molar-refractivity contribution in [2.45, 2.75) is 25.9 Å². The van der Waals surface area contributed by atoms with Crippen molar-refractivity contribution in [3.8, 4) is 11.8 Å². The average molecular weight is 180 g/mol. The maximum absolute atomic E-state index is 9.46. The summed E-state index contributed by atoms with van der Waals surface area (Å²) in [6, 6.07) is 4.03. The Bertz CT molecular complexity index is 266. The Morgan fingerprint density at radius 1 is 1.67 bits per heavy atom. The molecule has 0 bridgehead atoms. The quantitative estimate of drug-likeness (QED) is 0.706. The topological polar surface area (TPSA) is 20.2 Å². The third-order valence-corrected chi connectivity index (χ3v) is 2.43. The van der Waals surface area contributed by atoms with E-state index in [2.05, 4.69) is 11.8 Å². The molecule has 2 heteroatoms. The van der Waals surface area contributed by atoms with Gasteiger partial charge in [0.2, 0.25) is 0 Å². The van der Waals surface area contributed by atoms with E-state index >= 15 is 0 Å². The molecule has 0 aliphatic carbocycles. The first-order valence-electron chi connectivity index (χ1n) is 3.93. The Hall–Kier alpha value is -0.780. The SMILES string of the molecule is CC#CCC(O)Cc1cccs1. The van der Waals surface area contributed by atoms with Crippen LogP contribution in [-0.4, -0.2) is 11.2 Å². The highest BCUT2D eigenvalue weighted by Gasteiger charge is 2.03. The molecule has 1 atom stereocenters. The van der Waals surface area contributed by atoms with Gasteiger partial charge in [-0.3, -0.25) is 0 Å². The Morgan fingerprint density at radius 2 is 2.50 bits per heavy atom.